The smallest absolute Gasteiger partial charge is 0.213 e. The van der Waals surface area contributed by atoms with Crippen LogP contribution in [0.5, 0.6) is 0 Å². The van der Waals surface area contributed by atoms with Crippen molar-refractivity contribution in [1.82, 2.24) is 0 Å². The molecule has 0 heterocycles. The van der Waals surface area contributed by atoms with Gasteiger partial charge in [0, 0.05) is 6.42 Å². The highest BCUT2D eigenvalue weighted by Gasteiger charge is 2.15. The summed E-state index contributed by atoms with van der Waals surface area (Å²) in [5.41, 5.74) is 1.98. The van der Waals surface area contributed by atoms with Crippen LogP contribution in [0.1, 0.15) is 32.6 Å². The first kappa shape index (κ1) is 14.6. The Hall–Kier alpha value is -1.44. The van der Waals surface area contributed by atoms with Crippen LogP contribution >= 0.6 is 0 Å². The van der Waals surface area contributed by atoms with Gasteiger partial charge in [-0.15, -0.1) is 13.2 Å². The highest BCUT2D eigenvalue weighted by Crippen LogP contribution is 2.14. The Balaban J connectivity index is 3.95. The minimum atomic E-state index is -0.808. The second kappa shape index (κ2) is 7.80. The van der Waals surface area contributed by atoms with Gasteiger partial charge in [-0.3, -0.25) is 9.59 Å². The predicted octanol–water partition coefficient (Wildman–Crippen LogP) is 3.16. The van der Waals surface area contributed by atoms with Gasteiger partial charge in [0.2, 0.25) is 6.29 Å². The van der Waals surface area contributed by atoms with Gasteiger partial charge in [-0.25, -0.2) is 0 Å². The summed E-state index contributed by atoms with van der Waals surface area (Å²) < 4.78 is 0. The molecule has 0 aliphatic rings. The van der Waals surface area contributed by atoms with E-state index >= 15 is 0 Å². The lowest BCUT2D eigenvalue weighted by atomic mass is 9.97. The molecule has 0 aliphatic carbocycles. The minimum Gasteiger partial charge on any atom is -0.298 e. The average molecular weight is 219 g/mol. The van der Waals surface area contributed by atoms with E-state index in [9.17, 15) is 9.59 Å². The fraction of sp³-hybridized carbons (Fsp3) is 0.429. The number of Topliss-reactive ketones (excluding diaryl/α,β-unsaturated/α-hetero) is 1. The topological polar surface area (TPSA) is 34.1 Å². The summed E-state index contributed by atoms with van der Waals surface area (Å²) in [6.45, 7) is 13.0. The number of rotatable bonds is 9. The fourth-order valence-corrected chi connectivity index (χ4v) is 1.33. The van der Waals surface area contributed by atoms with Gasteiger partial charge >= 0.3 is 0 Å². The number of ketones is 1. The molecule has 1 unspecified atom stereocenters. The summed E-state index contributed by atoms with van der Waals surface area (Å²) in [5.74, 6) is -0.983. The van der Waals surface area contributed by atoms with Crippen LogP contribution in [0.4, 0.5) is 0 Å². The summed E-state index contributed by atoms with van der Waals surface area (Å²) in [5, 5.41) is 0. The zero-order chi connectivity index (χ0) is 12.6. The van der Waals surface area contributed by atoms with Crippen molar-refractivity contribution in [2.24, 2.45) is 5.92 Å². The third kappa shape index (κ3) is 6.12. The van der Waals surface area contributed by atoms with Crippen molar-refractivity contribution in [2.75, 3.05) is 0 Å². The Morgan fingerprint density at radius 3 is 2.44 bits per heavy atom. The molecule has 1 radical (unpaired) electrons. The average Bonchev–Trinajstić information content (AvgIpc) is 2.18. The predicted molar refractivity (Wildman–Crippen MR) is 66.8 cm³/mol. The Labute approximate surface area is 97.7 Å². The van der Waals surface area contributed by atoms with Crippen molar-refractivity contribution in [3.8, 4) is 0 Å². The Morgan fingerprint density at radius 2 is 2.00 bits per heavy atom. The molecular weight excluding hydrogens is 200 g/mol. The molecule has 16 heavy (non-hydrogen) atoms. The van der Waals surface area contributed by atoms with Crippen LogP contribution in [0.15, 0.2) is 37.0 Å². The number of carbonyl (C=O) groups excluding carboxylic acids is 2. The first-order valence-electron chi connectivity index (χ1n) is 5.35. The van der Waals surface area contributed by atoms with E-state index < -0.39 is 5.92 Å². The maximum Gasteiger partial charge on any atom is 0.213 e. The van der Waals surface area contributed by atoms with Crippen molar-refractivity contribution in [2.45, 2.75) is 32.6 Å². The number of hydrogen-bond acceptors (Lipinski definition) is 2. The lowest BCUT2D eigenvalue weighted by Gasteiger charge is -2.06. The van der Waals surface area contributed by atoms with Gasteiger partial charge in [0.15, 0.2) is 5.78 Å². The van der Waals surface area contributed by atoms with Gasteiger partial charge < -0.3 is 0 Å². The van der Waals surface area contributed by atoms with Gasteiger partial charge in [-0.1, -0.05) is 23.8 Å². The molecule has 0 rings (SSSR count). The van der Waals surface area contributed by atoms with Crippen LogP contribution in [-0.4, -0.2) is 12.1 Å². The molecule has 0 N–H and O–H groups in total. The molecular formula is C14H19O2. The van der Waals surface area contributed by atoms with Crippen LogP contribution in [-0.2, 0) is 9.59 Å². The molecule has 2 heteroatoms. The van der Waals surface area contributed by atoms with E-state index in [-0.39, 0.29) is 12.2 Å². The molecule has 0 spiro atoms. The molecule has 2 nitrogen and oxygen atoms in total. The fourth-order valence-electron chi connectivity index (χ4n) is 1.33. The molecule has 0 aromatic carbocycles. The first-order chi connectivity index (χ1) is 7.51. The maximum atomic E-state index is 11.5. The van der Waals surface area contributed by atoms with Crippen LogP contribution < -0.4 is 0 Å². The van der Waals surface area contributed by atoms with E-state index in [1.807, 2.05) is 6.92 Å². The summed E-state index contributed by atoms with van der Waals surface area (Å²) in [4.78, 5) is 21.9. The highest BCUT2D eigenvalue weighted by atomic mass is 16.1. The van der Waals surface area contributed by atoms with Crippen LogP contribution in [0.3, 0.4) is 0 Å². The standard InChI is InChI=1S/C14H19O2/c1-5-13(10-15)14(16)9-12(4)8-6-7-11(2)3/h5,13H,1-2,4,6-9H2,3H3. The zero-order valence-electron chi connectivity index (χ0n) is 9.92. The largest absolute Gasteiger partial charge is 0.298 e. The molecule has 0 aromatic rings. The zero-order valence-corrected chi connectivity index (χ0v) is 9.92. The number of carbonyl (C=O) groups is 1. The maximum absolute atomic E-state index is 11.5. The van der Waals surface area contributed by atoms with E-state index in [0.717, 1.165) is 30.4 Å². The van der Waals surface area contributed by atoms with E-state index in [2.05, 4.69) is 19.7 Å². The van der Waals surface area contributed by atoms with Gasteiger partial charge in [0.25, 0.3) is 0 Å². The minimum absolute atomic E-state index is 0.176. The highest BCUT2D eigenvalue weighted by molar-refractivity contribution is 5.96. The van der Waals surface area contributed by atoms with Gasteiger partial charge in [-0.05, 0) is 26.2 Å². The van der Waals surface area contributed by atoms with Gasteiger partial charge in [0.1, 0.15) is 5.92 Å². The molecule has 1 atom stereocenters. The summed E-state index contributed by atoms with van der Waals surface area (Å²) in [6, 6.07) is 0. The third-order valence-electron chi connectivity index (χ3n) is 2.27. The van der Waals surface area contributed by atoms with Crippen LogP contribution in [0, 0.1) is 5.92 Å². The monoisotopic (exact) mass is 219 g/mol. The quantitative estimate of drug-likeness (QED) is 0.441. The Bertz CT molecular complexity index is 292. The second-order valence-electron chi connectivity index (χ2n) is 4.03. The molecule has 0 amide bonds. The third-order valence-corrected chi connectivity index (χ3v) is 2.27. The molecule has 0 aliphatic heterocycles. The van der Waals surface area contributed by atoms with Crippen LogP contribution in [0.25, 0.3) is 0 Å². The molecule has 0 aromatic heterocycles. The summed E-state index contributed by atoms with van der Waals surface area (Å²) in [6.07, 6.45) is 5.90. The van der Waals surface area contributed by atoms with Gasteiger partial charge in [-0.2, -0.15) is 0 Å². The Kier molecular flexibility index (Phi) is 7.10. The van der Waals surface area contributed by atoms with Crippen LogP contribution in [0.2, 0.25) is 0 Å². The van der Waals surface area contributed by atoms with Crippen molar-refractivity contribution in [1.29, 1.82) is 0 Å². The molecule has 0 fully saturated rings. The molecule has 0 bridgehead atoms. The van der Waals surface area contributed by atoms with Gasteiger partial charge in [0.05, 0.1) is 0 Å². The van der Waals surface area contributed by atoms with Crippen molar-refractivity contribution < 1.29 is 9.59 Å². The SMILES string of the molecule is C=CC([C]=O)C(=O)CC(=C)CCCC(=C)C. The summed E-state index contributed by atoms with van der Waals surface area (Å²) >= 11 is 0. The lowest BCUT2D eigenvalue weighted by molar-refractivity contribution is -0.119. The van der Waals surface area contributed by atoms with E-state index in [4.69, 9.17) is 0 Å². The number of hydrogen-bond donors (Lipinski definition) is 0. The van der Waals surface area contributed by atoms with Crippen molar-refractivity contribution in [3.63, 3.8) is 0 Å². The van der Waals surface area contributed by atoms with Crippen molar-refractivity contribution in [3.05, 3.63) is 37.0 Å². The number of allylic oxidation sites excluding steroid dienone is 3. The molecule has 0 saturated carbocycles. The second-order valence-corrected chi connectivity index (χ2v) is 4.03. The Morgan fingerprint density at radius 1 is 1.38 bits per heavy atom. The van der Waals surface area contributed by atoms with E-state index in [1.165, 1.54) is 6.08 Å². The molecule has 0 saturated heterocycles. The van der Waals surface area contributed by atoms with Crippen molar-refractivity contribution >= 4 is 12.1 Å². The molecule has 87 valence electrons. The summed E-state index contributed by atoms with van der Waals surface area (Å²) in [7, 11) is 0. The normalized spacial score (nSPS) is 11.6. The first-order valence-corrected chi connectivity index (χ1v) is 5.35. The van der Waals surface area contributed by atoms with E-state index in [1.54, 1.807) is 6.29 Å². The van der Waals surface area contributed by atoms with E-state index in [0.29, 0.717) is 0 Å². The lowest BCUT2D eigenvalue weighted by Crippen LogP contribution is -2.13.